The summed E-state index contributed by atoms with van der Waals surface area (Å²) in [4.78, 5) is 26.9. The minimum absolute atomic E-state index is 0.0208. The molecule has 6 nitrogen and oxygen atoms in total. The highest BCUT2D eigenvalue weighted by molar-refractivity contribution is 9.10. The predicted molar refractivity (Wildman–Crippen MR) is 113 cm³/mol. The monoisotopic (exact) mass is 479 g/mol. The lowest BCUT2D eigenvalue weighted by Crippen LogP contribution is -2.33. The highest BCUT2D eigenvalue weighted by atomic mass is 79.9. The SMILES string of the molecule is O=C1C(=O)N(CCOCCO)[C@@H](c2ccccc2Cl)C1=C(O)c1ccc(Br)cc1. The lowest BCUT2D eigenvalue weighted by molar-refractivity contribution is -0.140. The van der Waals surface area contributed by atoms with Crippen LogP contribution < -0.4 is 0 Å². The van der Waals surface area contributed by atoms with Crippen molar-refractivity contribution >= 4 is 45.0 Å². The molecule has 0 aromatic heterocycles. The summed E-state index contributed by atoms with van der Waals surface area (Å²) < 4.78 is 6.08. The molecule has 0 bridgehead atoms. The lowest BCUT2D eigenvalue weighted by atomic mass is 9.95. The van der Waals surface area contributed by atoms with Crippen molar-refractivity contribution in [3.63, 3.8) is 0 Å². The molecule has 152 valence electrons. The van der Waals surface area contributed by atoms with E-state index in [2.05, 4.69) is 15.9 Å². The van der Waals surface area contributed by atoms with E-state index >= 15 is 0 Å². The zero-order chi connectivity index (χ0) is 21.0. The van der Waals surface area contributed by atoms with Gasteiger partial charge in [0.25, 0.3) is 11.7 Å². The molecule has 1 fully saturated rings. The molecule has 2 aromatic carbocycles. The van der Waals surface area contributed by atoms with Gasteiger partial charge in [-0.2, -0.15) is 0 Å². The Morgan fingerprint density at radius 3 is 2.45 bits per heavy atom. The smallest absolute Gasteiger partial charge is 0.295 e. The first-order chi connectivity index (χ1) is 14.0. The van der Waals surface area contributed by atoms with Gasteiger partial charge in [0.2, 0.25) is 0 Å². The first-order valence-corrected chi connectivity index (χ1v) is 10.1. The molecule has 0 aliphatic carbocycles. The standard InChI is InChI=1S/C21H19BrClNO5/c22-14-7-5-13(6-8-14)19(26)17-18(15-3-1-2-4-16(15)23)24(21(28)20(17)27)9-11-29-12-10-25/h1-8,18,25-26H,9-12H2/t18-/m0/s1. The summed E-state index contributed by atoms with van der Waals surface area (Å²) >= 11 is 9.69. The summed E-state index contributed by atoms with van der Waals surface area (Å²) in [6.45, 7) is 0.223. The molecule has 0 spiro atoms. The van der Waals surface area contributed by atoms with E-state index in [9.17, 15) is 14.7 Å². The van der Waals surface area contributed by atoms with Gasteiger partial charge in [-0.3, -0.25) is 9.59 Å². The van der Waals surface area contributed by atoms with Gasteiger partial charge in [-0.05, 0) is 23.8 Å². The number of hydrogen-bond acceptors (Lipinski definition) is 5. The van der Waals surface area contributed by atoms with Crippen LogP contribution in [-0.2, 0) is 14.3 Å². The van der Waals surface area contributed by atoms with E-state index in [1.807, 2.05) is 0 Å². The number of halogens is 2. The van der Waals surface area contributed by atoms with E-state index in [4.69, 9.17) is 21.4 Å². The third-order valence-electron chi connectivity index (χ3n) is 4.57. The van der Waals surface area contributed by atoms with Crippen LogP contribution in [0.15, 0.2) is 58.6 Å². The molecule has 3 rings (SSSR count). The van der Waals surface area contributed by atoms with Gasteiger partial charge in [0.1, 0.15) is 5.76 Å². The summed E-state index contributed by atoms with van der Waals surface area (Å²) in [5.74, 6) is -1.78. The summed E-state index contributed by atoms with van der Waals surface area (Å²) in [5, 5.41) is 20.1. The number of carbonyl (C=O) groups excluding carboxylic acids is 2. The molecule has 2 N–H and O–H groups in total. The zero-order valence-corrected chi connectivity index (χ0v) is 17.7. The van der Waals surface area contributed by atoms with E-state index < -0.39 is 17.7 Å². The van der Waals surface area contributed by atoms with E-state index in [-0.39, 0.29) is 37.7 Å². The Labute approximate surface area is 181 Å². The number of rotatable bonds is 7. The molecule has 0 unspecified atom stereocenters. The number of amides is 1. The molecule has 1 aliphatic heterocycles. The lowest BCUT2D eigenvalue weighted by Gasteiger charge is -2.26. The van der Waals surface area contributed by atoms with Crippen molar-refractivity contribution in [2.45, 2.75) is 6.04 Å². The minimum atomic E-state index is -0.843. The first kappa shape index (κ1) is 21.5. The molecule has 0 saturated carbocycles. The van der Waals surface area contributed by atoms with Crippen molar-refractivity contribution < 1.29 is 24.5 Å². The highest BCUT2D eigenvalue weighted by Gasteiger charge is 2.46. The summed E-state index contributed by atoms with van der Waals surface area (Å²) in [6, 6.07) is 12.8. The molecule has 1 amide bonds. The van der Waals surface area contributed by atoms with E-state index in [1.54, 1.807) is 48.5 Å². The average molecular weight is 481 g/mol. The number of Topliss-reactive ketones (excluding diaryl/α,β-unsaturated/α-hetero) is 1. The van der Waals surface area contributed by atoms with Crippen LogP contribution in [0.4, 0.5) is 0 Å². The van der Waals surface area contributed by atoms with Gasteiger partial charge in [0.05, 0.1) is 31.4 Å². The van der Waals surface area contributed by atoms with Crippen molar-refractivity contribution in [2.75, 3.05) is 26.4 Å². The van der Waals surface area contributed by atoms with Crippen molar-refractivity contribution in [1.82, 2.24) is 4.90 Å². The summed E-state index contributed by atoms with van der Waals surface area (Å²) in [7, 11) is 0. The third-order valence-corrected chi connectivity index (χ3v) is 5.44. The van der Waals surface area contributed by atoms with E-state index in [0.29, 0.717) is 16.1 Å². The molecular formula is C21H19BrClNO5. The average Bonchev–Trinajstić information content (AvgIpc) is 2.96. The fourth-order valence-corrected chi connectivity index (χ4v) is 3.73. The number of ether oxygens (including phenoxy) is 1. The van der Waals surface area contributed by atoms with Gasteiger partial charge in [-0.1, -0.05) is 57.9 Å². The predicted octanol–water partition coefficient (Wildman–Crippen LogP) is 3.53. The van der Waals surface area contributed by atoms with Crippen LogP contribution in [0.1, 0.15) is 17.2 Å². The molecule has 8 heteroatoms. The molecule has 29 heavy (non-hydrogen) atoms. The van der Waals surface area contributed by atoms with Gasteiger partial charge in [-0.25, -0.2) is 0 Å². The molecular weight excluding hydrogens is 462 g/mol. The Morgan fingerprint density at radius 2 is 1.79 bits per heavy atom. The molecule has 1 atom stereocenters. The van der Waals surface area contributed by atoms with E-state index in [0.717, 1.165) is 4.47 Å². The molecule has 0 radical (unpaired) electrons. The Balaban J connectivity index is 2.08. The van der Waals surface area contributed by atoms with E-state index in [1.165, 1.54) is 4.90 Å². The van der Waals surface area contributed by atoms with Crippen LogP contribution in [0.2, 0.25) is 5.02 Å². The number of ketones is 1. The minimum Gasteiger partial charge on any atom is -0.507 e. The van der Waals surface area contributed by atoms with Crippen molar-refractivity contribution in [1.29, 1.82) is 0 Å². The number of aliphatic hydroxyl groups is 2. The van der Waals surface area contributed by atoms with Crippen LogP contribution in [-0.4, -0.2) is 53.2 Å². The van der Waals surface area contributed by atoms with Crippen LogP contribution in [0.5, 0.6) is 0 Å². The van der Waals surface area contributed by atoms with Crippen LogP contribution in [0.25, 0.3) is 5.76 Å². The number of carbonyl (C=O) groups is 2. The van der Waals surface area contributed by atoms with Gasteiger partial charge >= 0.3 is 0 Å². The normalized spacial score (nSPS) is 18.4. The second kappa shape index (κ2) is 9.54. The van der Waals surface area contributed by atoms with Crippen molar-refractivity contribution in [2.24, 2.45) is 0 Å². The summed E-state index contributed by atoms with van der Waals surface area (Å²) in [6.07, 6.45) is 0. The highest BCUT2D eigenvalue weighted by Crippen LogP contribution is 2.41. The second-order valence-corrected chi connectivity index (χ2v) is 7.68. The second-order valence-electron chi connectivity index (χ2n) is 6.36. The van der Waals surface area contributed by atoms with Crippen molar-refractivity contribution in [3.05, 3.63) is 74.7 Å². The third kappa shape index (κ3) is 4.53. The topological polar surface area (TPSA) is 87.1 Å². The maximum absolute atomic E-state index is 12.8. The number of hydrogen-bond donors (Lipinski definition) is 2. The first-order valence-electron chi connectivity index (χ1n) is 8.93. The molecule has 2 aromatic rings. The maximum Gasteiger partial charge on any atom is 0.295 e. The van der Waals surface area contributed by atoms with Gasteiger partial charge in [-0.15, -0.1) is 0 Å². The number of nitrogens with zero attached hydrogens (tertiary/aromatic N) is 1. The Hall–Kier alpha value is -2.19. The Kier molecular flexibility index (Phi) is 7.08. The largest absolute Gasteiger partial charge is 0.507 e. The fraction of sp³-hybridized carbons (Fsp3) is 0.238. The molecule has 1 saturated heterocycles. The quantitative estimate of drug-likeness (QED) is 0.274. The number of likely N-dealkylation sites (tertiary alicyclic amines) is 1. The fourth-order valence-electron chi connectivity index (χ4n) is 3.22. The van der Waals surface area contributed by atoms with Crippen molar-refractivity contribution in [3.8, 4) is 0 Å². The van der Waals surface area contributed by atoms with Gasteiger partial charge < -0.3 is 19.8 Å². The maximum atomic E-state index is 12.8. The summed E-state index contributed by atoms with van der Waals surface area (Å²) in [5.41, 5.74) is 0.932. The van der Waals surface area contributed by atoms with Gasteiger partial charge in [0, 0.05) is 21.6 Å². The van der Waals surface area contributed by atoms with Crippen LogP contribution >= 0.6 is 27.5 Å². The van der Waals surface area contributed by atoms with Crippen LogP contribution in [0, 0.1) is 0 Å². The molecule has 1 heterocycles. The Morgan fingerprint density at radius 1 is 1.10 bits per heavy atom. The Bertz CT molecular complexity index is 944. The zero-order valence-electron chi connectivity index (χ0n) is 15.3. The van der Waals surface area contributed by atoms with Gasteiger partial charge in [0.15, 0.2) is 0 Å². The number of benzene rings is 2. The van der Waals surface area contributed by atoms with Crippen LogP contribution in [0.3, 0.4) is 0 Å². The number of aliphatic hydroxyl groups excluding tert-OH is 2. The molecule has 1 aliphatic rings.